The molecule has 4 rings (SSSR count). The number of ketones is 1. The van der Waals surface area contributed by atoms with Crippen LogP contribution in [0.1, 0.15) is 35.2 Å². The Morgan fingerprint density at radius 2 is 1.58 bits per heavy atom. The van der Waals surface area contributed by atoms with Gasteiger partial charge in [-0.2, -0.15) is 0 Å². The summed E-state index contributed by atoms with van der Waals surface area (Å²) in [5, 5.41) is 11.4. The zero-order valence-corrected chi connectivity index (χ0v) is 21.0. The molecule has 0 aliphatic carbocycles. The van der Waals surface area contributed by atoms with Crippen molar-refractivity contribution in [1.29, 1.82) is 0 Å². The number of benzene rings is 3. The van der Waals surface area contributed by atoms with Gasteiger partial charge in [-0.1, -0.05) is 18.2 Å². The Morgan fingerprint density at radius 3 is 2.19 bits per heavy atom. The van der Waals surface area contributed by atoms with Gasteiger partial charge >= 0.3 is 0 Å². The van der Waals surface area contributed by atoms with E-state index >= 15 is 0 Å². The van der Waals surface area contributed by atoms with Gasteiger partial charge in [-0.3, -0.25) is 14.5 Å². The average Bonchev–Trinajstić information content (AvgIpc) is 3.15. The number of methoxy groups -OCH3 is 2. The highest BCUT2D eigenvalue weighted by molar-refractivity contribution is 6.51. The number of aryl methyl sites for hydroxylation is 2. The van der Waals surface area contributed by atoms with E-state index in [2.05, 4.69) is 0 Å². The van der Waals surface area contributed by atoms with Crippen molar-refractivity contribution in [2.24, 2.45) is 0 Å². The van der Waals surface area contributed by atoms with E-state index in [1.54, 1.807) is 54.6 Å². The van der Waals surface area contributed by atoms with Crippen molar-refractivity contribution in [3.05, 3.63) is 88.5 Å². The first-order valence-electron chi connectivity index (χ1n) is 11.6. The van der Waals surface area contributed by atoms with E-state index in [9.17, 15) is 14.7 Å². The molecule has 0 spiro atoms. The Kier molecular flexibility index (Phi) is 7.01. The molecular formula is C29H29NO6. The summed E-state index contributed by atoms with van der Waals surface area (Å²) < 4.78 is 16.4. The summed E-state index contributed by atoms with van der Waals surface area (Å²) in [7, 11) is 3.05. The molecule has 1 aliphatic rings. The largest absolute Gasteiger partial charge is 0.507 e. The maximum Gasteiger partial charge on any atom is 0.300 e. The van der Waals surface area contributed by atoms with Gasteiger partial charge in [-0.05, 0) is 79.9 Å². The topological polar surface area (TPSA) is 85.3 Å². The molecule has 1 N–H and O–H groups in total. The fraction of sp³-hybridized carbons (Fsp3) is 0.241. The molecule has 186 valence electrons. The summed E-state index contributed by atoms with van der Waals surface area (Å²) in [6.45, 7) is 6.28. The fourth-order valence-electron chi connectivity index (χ4n) is 4.35. The number of nitrogens with zero attached hydrogens (tertiary/aromatic N) is 1. The lowest BCUT2D eigenvalue weighted by atomic mass is 9.94. The van der Waals surface area contributed by atoms with E-state index < -0.39 is 17.7 Å². The Hall–Kier alpha value is -4.26. The van der Waals surface area contributed by atoms with Crippen LogP contribution in [0.3, 0.4) is 0 Å². The standard InChI is InChI=1S/C29H29NO6/c1-6-36-22-12-10-21(11-13-22)30-26(19-9-14-23(34-4)24(16-19)35-5)25(28(32)29(30)33)27(31)20-8-7-17(2)18(3)15-20/h7-16,26,31H,6H2,1-5H3/b27-25-. The van der Waals surface area contributed by atoms with Crippen LogP contribution in [0.2, 0.25) is 0 Å². The van der Waals surface area contributed by atoms with Gasteiger partial charge < -0.3 is 19.3 Å². The molecule has 3 aromatic carbocycles. The highest BCUT2D eigenvalue weighted by Gasteiger charge is 2.47. The zero-order chi connectivity index (χ0) is 26.0. The summed E-state index contributed by atoms with van der Waals surface area (Å²) in [6, 6.07) is 16.6. The lowest BCUT2D eigenvalue weighted by Crippen LogP contribution is -2.29. The quantitative estimate of drug-likeness (QED) is 0.275. The van der Waals surface area contributed by atoms with Gasteiger partial charge in [0.25, 0.3) is 11.7 Å². The summed E-state index contributed by atoms with van der Waals surface area (Å²) in [5.41, 5.74) is 3.57. The van der Waals surface area contributed by atoms with Gasteiger partial charge in [-0.15, -0.1) is 0 Å². The van der Waals surface area contributed by atoms with Crippen LogP contribution in [-0.2, 0) is 9.59 Å². The molecule has 7 nitrogen and oxygen atoms in total. The van der Waals surface area contributed by atoms with Crippen LogP contribution < -0.4 is 19.1 Å². The van der Waals surface area contributed by atoms with Gasteiger partial charge in [0.2, 0.25) is 0 Å². The molecule has 1 unspecified atom stereocenters. The van der Waals surface area contributed by atoms with Crippen LogP contribution in [0, 0.1) is 13.8 Å². The summed E-state index contributed by atoms with van der Waals surface area (Å²) in [4.78, 5) is 28.2. The van der Waals surface area contributed by atoms with Gasteiger partial charge in [0.05, 0.1) is 32.4 Å². The van der Waals surface area contributed by atoms with Crippen LogP contribution >= 0.6 is 0 Å². The van der Waals surface area contributed by atoms with Crippen molar-refractivity contribution in [1.82, 2.24) is 0 Å². The first-order chi connectivity index (χ1) is 17.3. The van der Waals surface area contributed by atoms with Crippen LogP contribution in [0.25, 0.3) is 5.76 Å². The number of rotatable bonds is 7. The Balaban J connectivity index is 1.93. The van der Waals surface area contributed by atoms with Gasteiger partial charge in [0, 0.05) is 11.3 Å². The van der Waals surface area contributed by atoms with Crippen LogP contribution in [-0.4, -0.2) is 37.6 Å². The second kappa shape index (κ2) is 10.2. The number of aliphatic hydroxyl groups excluding tert-OH is 1. The molecule has 0 saturated carbocycles. The normalized spacial score (nSPS) is 16.8. The molecule has 36 heavy (non-hydrogen) atoms. The van der Waals surface area contributed by atoms with Crippen molar-refractivity contribution in [3.8, 4) is 17.2 Å². The van der Waals surface area contributed by atoms with E-state index in [0.717, 1.165) is 11.1 Å². The SMILES string of the molecule is CCOc1ccc(N2C(=O)C(=O)/C(=C(\O)c3ccc(C)c(C)c3)C2c2ccc(OC)c(OC)c2)cc1. The van der Waals surface area contributed by atoms with Gasteiger partial charge in [0.1, 0.15) is 11.5 Å². The highest BCUT2D eigenvalue weighted by Crippen LogP contribution is 2.44. The number of anilines is 1. The summed E-state index contributed by atoms with van der Waals surface area (Å²) in [5.74, 6) is -0.129. The third kappa shape index (κ3) is 4.40. The zero-order valence-electron chi connectivity index (χ0n) is 21.0. The number of Topliss-reactive ketones (excluding diaryl/α,β-unsaturated/α-hetero) is 1. The summed E-state index contributed by atoms with van der Waals surface area (Å²) in [6.07, 6.45) is 0. The molecular weight excluding hydrogens is 458 g/mol. The Bertz CT molecular complexity index is 1340. The molecule has 0 bridgehead atoms. The molecule has 7 heteroatoms. The molecule has 0 aromatic heterocycles. The lowest BCUT2D eigenvalue weighted by molar-refractivity contribution is -0.132. The predicted octanol–water partition coefficient (Wildman–Crippen LogP) is 5.35. The van der Waals surface area contributed by atoms with Crippen molar-refractivity contribution in [2.75, 3.05) is 25.7 Å². The second-order valence-electron chi connectivity index (χ2n) is 8.51. The minimum atomic E-state index is -0.885. The molecule has 1 saturated heterocycles. The number of carbonyl (C=O) groups excluding carboxylic acids is 2. The molecule has 1 heterocycles. The van der Waals surface area contributed by atoms with E-state index in [0.29, 0.717) is 40.7 Å². The number of aliphatic hydroxyl groups is 1. The van der Waals surface area contributed by atoms with Crippen molar-refractivity contribution < 1.29 is 28.9 Å². The number of hydrogen-bond acceptors (Lipinski definition) is 6. The van der Waals surface area contributed by atoms with E-state index in [4.69, 9.17) is 14.2 Å². The Morgan fingerprint density at radius 1 is 0.889 bits per heavy atom. The third-order valence-corrected chi connectivity index (χ3v) is 6.37. The van der Waals surface area contributed by atoms with Crippen molar-refractivity contribution in [2.45, 2.75) is 26.8 Å². The predicted molar refractivity (Wildman–Crippen MR) is 138 cm³/mol. The molecule has 1 fully saturated rings. The number of carbonyl (C=O) groups is 2. The van der Waals surface area contributed by atoms with Gasteiger partial charge in [-0.25, -0.2) is 0 Å². The van der Waals surface area contributed by atoms with Crippen LogP contribution in [0.4, 0.5) is 5.69 Å². The number of hydrogen-bond donors (Lipinski definition) is 1. The van der Waals surface area contributed by atoms with E-state index in [1.165, 1.54) is 19.1 Å². The molecule has 3 aromatic rings. The molecule has 1 aliphatic heterocycles. The smallest absolute Gasteiger partial charge is 0.300 e. The van der Waals surface area contributed by atoms with Crippen molar-refractivity contribution in [3.63, 3.8) is 0 Å². The average molecular weight is 488 g/mol. The molecule has 0 radical (unpaired) electrons. The highest BCUT2D eigenvalue weighted by atomic mass is 16.5. The molecule has 1 amide bonds. The fourth-order valence-corrected chi connectivity index (χ4v) is 4.35. The number of amides is 1. The number of ether oxygens (including phenoxy) is 3. The maximum absolute atomic E-state index is 13.4. The van der Waals surface area contributed by atoms with Crippen LogP contribution in [0.15, 0.2) is 66.2 Å². The third-order valence-electron chi connectivity index (χ3n) is 6.37. The Labute approximate surface area is 210 Å². The molecule has 1 atom stereocenters. The maximum atomic E-state index is 13.4. The summed E-state index contributed by atoms with van der Waals surface area (Å²) >= 11 is 0. The second-order valence-corrected chi connectivity index (χ2v) is 8.51. The lowest BCUT2D eigenvalue weighted by Gasteiger charge is -2.26. The monoisotopic (exact) mass is 487 g/mol. The minimum Gasteiger partial charge on any atom is -0.507 e. The van der Waals surface area contributed by atoms with E-state index in [1.807, 2.05) is 26.8 Å². The van der Waals surface area contributed by atoms with E-state index in [-0.39, 0.29) is 11.3 Å². The van der Waals surface area contributed by atoms with Crippen LogP contribution in [0.5, 0.6) is 17.2 Å². The van der Waals surface area contributed by atoms with Gasteiger partial charge in [0.15, 0.2) is 11.5 Å². The first kappa shape index (κ1) is 24.9. The minimum absolute atomic E-state index is 0.00403. The first-order valence-corrected chi connectivity index (χ1v) is 11.6. The van der Waals surface area contributed by atoms with Crippen molar-refractivity contribution >= 4 is 23.1 Å².